The molecule has 1 aromatic carbocycles. The van der Waals surface area contributed by atoms with Gasteiger partial charge in [-0.2, -0.15) is 0 Å². The summed E-state index contributed by atoms with van der Waals surface area (Å²) in [6.45, 7) is 5.94. The molecule has 2 atom stereocenters. The highest BCUT2D eigenvalue weighted by Gasteiger charge is 2.34. The van der Waals surface area contributed by atoms with E-state index in [4.69, 9.17) is 10.5 Å². The number of nitrogens with zero attached hydrogens (tertiary/aromatic N) is 1. The predicted molar refractivity (Wildman–Crippen MR) is 89.3 cm³/mol. The Morgan fingerprint density at radius 3 is 2.70 bits per heavy atom. The van der Waals surface area contributed by atoms with Crippen LogP contribution in [-0.4, -0.2) is 31.5 Å². The fraction of sp³-hybridized carbons (Fsp3) is 0.529. The van der Waals surface area contributed by atoms with Crippen LogP contribution in [0.3, 0.4) is 0 Å². The molecule has 6 heteroatoms. The average molecular weight is 319 g/mol. The molecule has 0 fully saturated rings. The second-order valence-corrected chi connectivity index (χ2v) is 6.11. The van der Waals surface area contributed by atoms with Crippen molar-refractivity contribution in [3.8, 4) is 5.75 Å². The third-order valence-corrected chi connectivity index (χ3v) is 4.14. The first-order chi connectivity index (χ1) is 10.9. The number of carbonyl (C=O) groups is 2. The van der Waals surface area contributed by atoms with E-state index >= 15 is 0 Å². The highest BCUT2D eigenvalue weighted by molar-refractivity contribution is 6.03. The Bertz CT molecular complexity index is 601. The van der Waals surface area contributed by atoms with Gasteiger partial charge in [-0.1, -0.05) is 26.8 Å². The van der Waals surface area contributed by atoms with Gasteiger partial charge in [0.15, 0.2) is 6.10 Å². The number of hydrogen-bond donors (Lipinski definition) is 2. The van der Waals surface area contributed by atoms with Gasteiger partial charge < -0.3 is 15.8 Å². The van der Waals surface area contributed by atoms with Crippen LogP contribution in [0.2, 0.25) is 0 Å². The molecule has 0 saturated carbocycles. The van der Waals surface area contributed by atoms with Crippen molar-refractivity contribution in [3.63, 3.8) is 0 Å². The van der Waals surface area contributed by atoms with Gasteiger partial charge in [0.25, 0.3) is 5.91 Å². The molecular formula is C17H25N3O3. The van der Waals surface area contributed by atoms with E-state index in [0.29, 0.717) is 17.9 Å². The highest BCUT2D eigenvalue weighted by atomic mass is 16.5. The quantitative estimate of drug-likeness (QED) is 0.863. The summed E-state index contributed by atoms with van der Waals surface area (Å²) in [4.78, 5) is 25.9. The minimum Gasteiger partial charge on any atom is -0.478 e. The fourth-order valence-electron chi connectivity index (χ4n) is 2.58. The van der Waals surface area contributed by atoms with Crippen LogP contribution in [0.5, 0.6) is 5.75 Å². The maximum atomic E-state index is 12.6. The lowest BCUT2D eigenvalue weighted by Crippen LogP contribution is -2.49. The van der Waals surface area contributed by atoms with Crippen LogP contribution in [0.25, 0.3) is 0 Å². The van der Waals surface area contributed by atoms with Crippen LogP contribution in [-0.2, 0) is 9.59 Å². The summed E-state index contributed by atoms with van der Waals surface area (Å²) in [5.74, 6) is 0.461. The van der Waals surface area contributed by atoms with Crippen molar-refractivity contribution in [1.82, 2.24) is 5.32 Å². The normalized spacial score (nSPS) is 18.4. The Kier molecular flexibility index (Phi) is 5.26. The van der Waals surface area contributed by atoms with E-state index in [1.165, 1.54) is 4.90 Å². The molecular weight excluding hydrogens is 294 g/mol. The molecule has 1 aliphatic heterocycles. The van der Waals surface area contributed by atoms with Crippen molar-refractivity contribution in [2.45, 2.75) is 39.3 Å². The Hall–Kier alpha value is -2.08. The fourth-order valence-corrected chi connectivity index (χ4v) is 2.58. The van der Waals surface area contributed by atoms with Crippen LogP contribution < -0.4 is 20.7 Å². The van der Waals surface area contributed by atoms with Gasteiger partial charge >= 0.3 is 0 Å². The van der Waals surface area contributed by atoms with E-state index in [1.54, 1.807) is 7.05 Å². The first-order valence-electron chi connectivity index (χ1n) is 7.97. The zero-order chi connectivity index (χ0) is 17.1. The molecule has 0 aromatic heterocycles. The van der Waals surface area contributed by atoms with E-state index in [9.17, 15) is 9.59 Å². The monoisotopic (exact) mass is 319 g/mol. The largest absolute Gasteiger partial charge is 0.478 e. The summed E-state index contributed by atoms with van der Waals surface area (Å²) in [5.41, 5.74) is 7.74. The van der Waals surface area contributed by atoms with E-state index in [1.807, 2.05) is 39.0 Å². The molecule has 2 amide bonds. The molecule has 126 valence electrons. The van der Waals surface area contributed by atoms with Crippen molar-refractivity contribution < 1.29 is 14.3 Å². The van der Waals surface area contributed by atoms with Crippen LogP contribution >= 0.6 is 0 Å². The summed E-state index contributed by atoms with van der Waals surface area (Å²) in [6.07, 6.45) is -0.00717. The molecule has 2 rings (SSSR count). The van der Waals surface area contributed by atoms with Gasteiger partial charge in [0.1, 0.15) is 12.3 Å². The lowest BCUT2D eigenvalue weighted by atomic mass is 9.96. The second kappa shape index (κ2) is 7.00. The van der Waals surface area contributed by atoms with Crippen LogP contribution in [0.4, 0.5) is 5.69 Å². The second-order valence-electron chi connectivity index (χ2n) is 6.11. The minimum atomic E-state index is -0.559. The summed E-state index contributed by atoms with van der Waals surface area (Å²) >= 11 is 0. The first-order valence-corrected chi connectivity index (χ1v) is 7.97. The maximum Gasteiger partial charge on any atom is 0.268 e. The van der Waals surface area contributed by atoms with E-state index < -0.39 is 6.10 Å². The van der Waals surface area contributed by atoms with Gasteiger partial charge in [0.2, 0.25) is 5.91 Å². The number of anilines is 1. The summed E-state index contributed by atoms with van der Waals surface area (Å²) in [5, 5.41) is 2.55. The number of fused-ring (bicyclic) bond motifs is 1. The Labute approximate surface area is 137 Å². The number of nitrogens with two attached hydrogens (primary N) is 1. The number of benzene rings is 1. The number of rotatable bonds is 5. The molecule has 2 unspecified atom stereocenters. The summed E-state index contributed by atoms with van der Waals surface area (Å²) < 4.78 is 5.77. The molecule has 23 heavy (non-hydrogen) atoms. The molecule has 0 aliphatic carbocycles. The molecule has 3 N–H and O–H groups in total. The van der Waals surface area contributed by atoms with Gasteiger partial charge in [-0.05, 0) is 30.0 Å². The Morgan fingerprint density at radius 1 is 1.43 bits per heavy atom. The van der Waals surface area contributed by atoms with Gasteiger partial charge in [0.05, 0.1) is 5.69 Å². The summed E-state index contributed by atoms with van der Waals surface area (Å²) in [7, 11) is 1.55. The molecule has 6 nitrogen and oxygen atoms in total. The lowest BCUT2D eigenvalue weighted by molar-refractivity contribution is -0.128. The number of nitrogens with one attached hydrogen (secondary N) is 1. The first kappa shape index (κ1) is 17.3. The van der Waals surface area contributed by atoms with Crippen molar-refractivity contribution in [3.05, 3.63) is 23.8 Å². The molecule has 0 spiro atoms. The summed E-state index contributed by atoms with van der Waals surface area (Å²) in [6, 6.07) is 5.47. The SMILES string of the molecule is CCC1Oc2ccc(C(N)C(C)C)cc2N(CC(=O)NC)C1=O. The Balaban J connectivity index is 2.44. The molecule has 0 saturated heterocycles. The topological polar surface area (TPSA) is 84.7 Å². The third-order valence-electron chi connectivity index (χ3n) is 4.14. The van der Waals surface area contributed by atoms with Crippen LogP contribution in [0.1, 0.15) is 38.8 Å². The number of carbonyl (C=O) groups excluding carboxylic acids is 2. The van der Waals surface area contributed by atoms with Gasteiger partial charge in [-0.3, -0.25) is 14.5 Å². The number of ether oxygens (including phenoxy) is 1. The van der Waals surface area contributed by atoms with Crippen molar-refractivity contribution in [1.29, 1.82) is 0 Å². The van der Waals surface area contributed by atoms with E-state index in [2.05, 4.69) is 5.32 Å². The molecule has 1 aliphatic rings. The van der Waals surface area contributed by atoms with E-state index in [-0.39, 0.29) is 30.3 Å². The third kappa shape index (κ3) is 3.47. The van der Waals surface area contributed by atoms with Gasteiger partial charge in [-0.25, -0.2) is 0 Å². The number of amides is 2. The standard InChI is InChI=1S/C17H25N3O3/c1-5-13-17(22)20(9-15(21)19-4)12-8-11(16(18)10(2)3)6-7-14(12)23-13/h6-8,10,13,16H,5,9,18H2,1-4H3,(H,19,21). The average Bonchev–Trinajstić information content (AvgIpc) is 2.55. The maximum absolute atomic E-state index is 12.6. The van der Waals surface area contributed by atoms with Gasteiger partial charge in [0, 0.05) is 13.1 Å². The van der Waals surface area contributed by atoms with Crippen molar-refractivity contribution in [2.24, 2.45) is 11.7 Å². The smallest absolute Gasteiger partial charge is 0.268 e. The molecule has 1 heterocycles. The zero-order valence-corrected chi connectivity index (χ0v) is 14.1. The number of hydrogen-bond acceptors (Lipinski definition) is 4. The lowest BCUT2D eigenvalue weighted by Gasteiger charge is -2.34. The number of likely N-dealkylation sites (N-methyl/N-ethyl adjacent to an activating group) is 1. The molecule has 0 radical (unpaired) electrons. The Morgan fingerprint density at radius 2 is 2.13 bits per heavy atom. The van der Waals surface area contributed by atoms with Crippen LogP contribution in [0.15, 0.2) is 18.2 Å². The van der Waals surface area contributed by atoms with Crippen molar-refractivity contribution >= 4 is 17.5 Å². The van der Waals surface area contributed by atoms with Crippen LogP contribution in [0, 0.1) is 5.92 Å². The highest BCUT2D eigenvalue weighted by Crippen LogP contribution is 2.37. The predicted octanol–water partition coefficient (Wildman–Crippen LogP) is 1.59. The van der Waals surface area contributed by atoms with Gasteiger partial charge in [-0.15, -0.1) is 0 Å². The van der Waals surface area contributed by atoms with Crippen molar-refractivity contribution in [2.75, 3.05) is 18.5 Å². The zero-order valence-electron chi connectivity index (χ0n) is 14.1. The molecule has 1 aromatic rings. The van der Waals surface area contributed by atoms with E-state index in [0.717, 1.165) is 5.56 Å². The molecule has 0 bridgehead atoms. The minimum absolute atomic E-state index is 0.0252.